The lowest BCUT2D eigenvalue weighted by Gasteiger charge is -2.17. The quantitative estimate of drug-likeness (QED) is 0.276. The van der Waals surface area contributed by atoms with Crippen LogP contribution in [-0.4, -0.2) is 51.9 Å². The molecule has 0 aliphatic carbocycles. The first kappa shape index (κ1) is 22.0. The molecule has 1 saturated heterocycles. The summed E-state index contributed by atoms with van der Waals surface area (Å²) in [6, 6.07) is 6.23. The zero-order valence-electron chi connectivity index (χ0n) is 17.3. The largest absolute Gasteiger partial charge is 0.493 e. The number of nitrogens with zero attached hydrogens (tertiary/aromatic N) is 1. The summed E-state index contributed by atoms with van der Waals surface area (Å²) >= 11 is 0. The lowest BCUT2D eigenvalue weighted by atomic mass is 10.1. The van der Waals surface area contributed by atoms with Gasteiger partial charge >= 0.3 is 5.97 Å². The molecular weight excluding hydrogens is 358 g/mol. The Morgan fingerprint density at radius 1 is 1.36 bits per heavy atom. The molecular formula is C21H33N3O4. The Hall–Kier alpha value is -2.28. The number of hydrogen-bond donors (Lipinski definition) is 2. The minimum Gasteiger partial charge on any atom is -0.493 e. The van der Waals surface area contributed by atoms with Crippen molar-refractivity contribution in [1.29, 1.82) is 0 Å². The van der Waals surface area contributed by atoms with Crippen LogP contribution < -0.4 is 15.4 Å². The second-order valence-electron chi connectivity index (χ2n) is 6.91. The Morgan fingerprint density at radius 2 is 2.21 bits per heavy atom. The van der Waals surface area contributed by atoms with Crippen molar-refractivity contribution in [1.82, 2.24) is 10.6 Å². The van der Waals surface area contributed by atoms with Crippen LogP contribution in [0.5, 0.6) is 5.75 Å². The summed E-state index contributed by atoms with van der Waals surface area (Å²) in [5.74, 6) is 1.90. The van der Waals surface area contributed by atoms with Crippen molar-refractivity contribution in [3.63, 3.8) is 0 Å². The van der Waals surface area contributed by atoms with Gasteiger partial charge in [-0.2, -0.15) is 0 Å². The summed E-state index contributed by atoms with van der Waals surface area (Å²) in [5.41, 5.74) is 2.25. The van der Waals surface area contributed by atoms with Crippen LogP contribution in [-0.2, 0) is 20.8 Å². The van der Waals surface area contributed by atoms with Crippen LogP contribution in [0.3, 0.4) is 0 Å². The number of aliphatic imine (C=N–C) groups is 1. The van der Waals surface area contributed by atoms with Crippen molar-refractivity contribution in [2.75, 3.05) is 40.0 Å². The topological polar surface area (TPSA) is 81.2 Å². The molecule has 1 aliphatic rings. The Morgan fingerprint density at radius 3 is 2.93 bits per heavy atom. The molecule has 28 heavy (non-hydrogen) atoms. The molecule has 0 saturated carbocycles. The Kier molecular flexibility index (Phi) is 9.62. The number of hydrogen-bond acceptors (Lipinski definition) is 5. The van der Waals surface area contributed by atoms with Gasteiger partial charge in [-0.3, -0.25) is 9.79 Å². The van der Waals surface area contributed by atoms with E-state index < -0.39 is 0 Å². The summed E-state index contributed by atoms with van der Waals surface area (Å²) < 4.78 is 16.4. The van der Waals surface area contributed by atoms with Gasteiger partial charge in [0.1, 0.15) is 5.75 Å². The van der Waals surface area contributed by atoms with E-state index in [1.165, 1.54) is 5.56 Å². The monoisotopic (exact) mass is 391 g/mol. The standard InChI is InChI=1S/C21H33N3O4/c1-4-27-20(25)6-5-10-23-21(22-3)24-13-18-8-7-16(2)12-19(18)28-15-17-9-11-26-14-17/h7-8,12,17H,4-6,9-11,13-15H2,1-3H3,(H2,22,23,24). The van der Waals surface area contributed by atoms with Crippen molar-refractivity contribution in [3.05, 3.63) is 29.3 Å². The molecule has 156 valence electrons. The number of aryl methyl sites for hydroxylation is 1. The van der Waals surface area contributed by atoms with E-state index in [-0.39, 0.29) is 5.97 Å². The van der Waals surface area contributed by atoms with Gasteiger partial charge < -0.3 is 24.8 Å². The highest BCUT2D eigenvalue weighted by Gasteiger charge is 2.17. The van der Waals surface area contributed by atoms with Gasteiger partial charge in [-0.15, -0.1) is 0 Å². The molecule has 1 aliphatic heterocycles. The van der Waals surface area contributed by atoms with E-state index in [9.17, 15) is 4.79 Å². The molecule has 0 bridgehead atoms. The van der Waals surface area contributed by atoms with Gasteiger partial charge in [0.25, 0.3) is 0 Å². The van der Waals surface area contributed by atoms with Crippen LogP contribution in [0.4, 0.5) is 0 Å². The van der Waals surface area contributed by atoms with Crippen molar-refractivity contribution in [2.24, 2.45) is 10.9 Å². The van der Waals surface area contributed by atoms with E-state index in [1.54, 1.807) is 7.05 Å². The number of guanidine groups is 1. The average molecular weight is 392 g/mol. The minimum absolute atomic E-state index is 0.165. The molecule has 7 nitrogen and oxygen atoms in total. The molecule has 1 aromatic carbocycles. The predicted octanol–water partition coefficient (Wildman–Crippen LogP) is 2.42. The number of ether oxygens (including phenoxy) is 3. The van der Waals surface area contributed by atoms with Crippen LogP contribution >= 0.6 is 0 Å². The fraction of sp³-hybridized carbons (Fsp3) is 0.619. The second-order valence-corrected chi connectivity index (χ2v) is 6.91. The van der Waals surface area contributed by atoms with E-state index in [4.69, 9.17) is 14.2 Å². The van der Waals surface area contributed by atoms with Crippen LogP contribution in [0, 0.1) is 12.8 Å². The van der Waals surface area contributed by atoms with E-state index in [2.05, 4.69) is 40.7 Å². The van der Waals surface area contributed by atoms with Crippen molar-refractivity contribution in [2.45, 2.75) is 39.7 Å². The van der Waals surface area contributed by atoms with Gasteiger partial charge in [0, 0.05) is 44.6 Å². The van der Waals surface area contributed by atoms with E-state index in [0.717, 1.165) is 30.9 Å². The molecule has 0 aromatic heterocycles. The Labute approximate surface area is 167 Å². The van der Waals surface area contributed by atoms with E-state index in [0.29, 0.717) is 51.0 Å². The summed E-state index contributed by atoms with van der Waals surface area (Å²) in [4.78, 5) is 15.6. The highest BCUT2D eigenvalue weighted by Crippen LogP contribution is 2.22. The van der Waals surface area contributed by atoms with Gasteiger partial charge in [-0.1, -0.05) is 12.1 Å². The summed E-state index contributed by atoms with van der Waals surface area (Å²) in [6.07, 6.45) is 2.16. The maximum absolute atomic E-state index is 11.4. The van der Waals surface area contributed by atoms with Crippen molar-refractivity contribution < 1.29 is 19.0 Å². The van der Waals surface area contributed by atoms with Crippen LogP contribution in [0.25, 0.3) is 0 Å². The van der Waals surface area contributed by atoms with Gasteiger partial charge in [-0.25, -0.2) is 0 Å². The second kappa shape index (κ2) is 12.2. The molecule has 1 heterocycles. The molecule has 1 unspecified atom stereocenters. The molecule has 1 fully saturated rings. The van der Waals surface area contributed by atoms with Crippen molar-refractivity contribution in [3.8, 4) is 5.75 Å². The lowest BCUT2D eigenvalue weighted by Crippen LogP contribution is -2.37. The number of nitrogens with one attached hydrogen (secondary N) is 2. The maximum Gasteiger partial charge on any atom is 0.305 e. The number of benzene rings is 1. The molecule has 0 amide bonds. The number of carbonyl (C=O) groups is 1. The molecule has 2 N–H and O–H groups in total. The molecule has 1 aromatic rings. The Bertz CT molecular complexity index is 643. The first-order chi connectivity index (χ1) is 13.6. The number of carbonyl (C=O) groups excluding carboxylic acids is 1. The predicted molar refractivity (Wildman–Crippen MR) is 110 cm³/mol. The van der Waals surface area contributed by atoms with Gasteiger partial charge in [0.2, 0.25) is 0 Å². The van der Waals surface area contributed by atoms with Crippen LogP contribution in [0.15, 0.2) is 23.2 Å². The summed E-state index contributed by atoms with van der Waals surface area (Å²) in [5, 5.41) is 6.52. The molecule has 0 radical (unpaired) electrons. The first-order valence-corrected chi connectivity index (χ1v) is 10.0. The van der Waals surface area contributed by atoms with Crippen molar-refractivity contribution >= 4 is 11.9 Å². The highest BCUT2D eigenvalue weighted by molar-refractivity contribution is 5.79. The first-order valence-electron chi connectivity index (χ1n) is 10.0. The highest BCUT2D eigenvalue weighted by atomic mass is 16.5. The normalized spacial score (nSPS) is 16.7. The summed E-state index contributed by atoms with van der Waals surface area (Å²) in [6.45, 7) is 7.84. The SMILES string of the molecule is CCOC(=O)CCCNC(=NC)NCc1ccc(C)cc1OCC1CCOC1. The lowest BCUT2D eigenvalue weighted by molar-refractivity contribution is -0.143. The molecule has 0 spiro atoms. The number of esters is 1. The fourth-order valence-electron chi connectivity index (χ4n) is 2.94. The third kappa shape index (κ3) is 7.76. The van der Waals surface area contributed by atoms with Crippen LogP contribution in [0.1, 0.15) is 37.3 Å². The zero-order chi connectivity index (χ0) is 20.2. The zero-order valence-corrected chi connectivity index (χ0v) is 17.3. The van der Waals surface area contributed by atoms with Gasteiger partial charge in [-0.05, 0) is 38.3 Å². The Balaban J connectivity index is 1.80. The third-order valence-corrected chi connectivity index (χ3v) is 4.55. The minimum atomic E-state index is -0.165. The summed E-state index contributed by atoms with van der Waals surface area (Å²) in [7, 11) is 1.73. The maximum atomic E-state index is 11.4. The van der Waals surface area contributed by atoms with Gasteiger partial charge in [0.05, 0.1) is 19.8 Å². The van der Waals surface area contributed by atoms with Gasteiger partial charge in [0.15, 0.2) is 5.96 Å². The smallest absolute Gasteiger partial charge is 0.305 e. The third-order valence-electron chi connectivity index (χ3n) is 4.55. The van der Waals surface area contributed by atoms with Crippen LogP contribution in [0.2, 0.25) is 0 Å². The fourth-order valence-corrected chi connectivity index (χ4v) is 2.94. The van der Waals surface area contributed by atoms with E-state index in [1.807, 2.05) is 6.92 Å². The number of rotatable bonds is 10. The van der Waals surface area contributed by atoms with E-state index >= 15 is 0 Å². The average Bonchev–Trinajstić information content (AvgIpc) is 3.20. The molecule has 1 atom stereocenters. The molecule has 7 heteroatoms. The molecule has 2 rings (SSSR count).